The third-order valence-corrected chi connectivity index (χ3v) is 3.10. The van der Waals surface area contributed by atoms with Gasteiger partial charge in [0, 0.05) is 29.7 Å². The predicted molar refractivity (Wildman–Crippen MR) is 84.2 cm³/mol. The zero-order chi connectivity index (χ0) is 15.7. The Labute approximate surface area is 131 Å². The van der Waals surface area contributed by atoms with Gasteiger partial charge in [0.1, 0.15) is 0 Å². The van der Waals surface area contributed by atoms with E-state index in [0.29, 0.717) is 29.6 Å². The van der Waals surface area contributed by atoms with Crippen LogP contribution in [0.4, 0.5) is 0 Å². The van der Waals surface area contributed by atoms with E-state index in [-0.39, 0.29) is 12.5 Å². The van der Waals surface area contributed by atoms with Crippen LogP contribution in [0.25, 0.3) is 0 Å². The Morgan fingerprint density at radius 1 is 1.38 bits per heavy atom. The summed E-state index contributed by atoms with van der Waals surface area (Å²) in [4.78, 5) is 11.7. The molecule has 0 radical (unpaired) electrons. The van der Waals surface area contributed by atoms with Gasteiger partial charge in [-0.1, -0.05) is 24.9 Å². The molecule has 1 aromatic carbocycles. The van der Waals surface area contributed by atoms with E-state index in [1.54, 1.807) is 19.2 Å². The van der Waals surface area contributed by atoms with Gasteiger partial charge in [-0.05, 0) is 19.5 Å². The highest BCUT2D eigenvalue weighted by Gasteiger charge is 2.14. The van der Waals surface area contributed by atoms with Crippen LogP contribution in [0.15, 0.2) is 12.1 Å². The van der Waals surface area contributed by atoms with E-state index >= 15 is 0 Å². The van der Waals surface area contributed by atoms with Crippen molar-refractivity contribution in [3.63, 3.8) is 0 Å². The number of halogens is 1. The van der Waals surface area contributed by atoms with Gasteiger partial charge in [-0.3, -0.25) is 4.79 Å². The molecule has 0 unspecified atom stereocenters. The van der Waals surface area contributed by atoms with E-state index in [0.717, 1.165) is 18.4 Å². The number of amides is 1. The highest BCUT2D eigenvalue weighted by Crippen LogP contribution is 2.34. The van der Waals surface area contributed by atoms with Gasteiger partial charge in [0.2, 0.25) is 0 Å². The van der Waals surface area contributed by atoms with Crippen molar-refractivity contribution in [1.29, 1.82) is 0 Å². The second-order valence-corrected chi connectivity index (χ2v) is 5.06. The molecule has 0 aliphatic rings. The summed E-state index contributed by atoms with van der Waals surface area (Å²) in [6.45, 7) is 3.27. The van der Waals surface area contributed by atoms with Gasteiger partial charge in [0.15, 0.2) is 18.1 Å². The minimum Gasteiger partial charge on any atom is -0.493 e. The van der Waals surface area contributed by atoms with Crippen molar-refractivity contribution < 1.29 is 14.3 Å². The second-order valence-electron chi connectivity index (χ2n) is 4.62. The van der Waals surface area contributed by atoms with E-state index in [9.17, 15) is 4.79 Å². The van der Waals surface area contributed by atoms with E-state index < -0.39 is 0 Å². The Morgan fingerprint density at radius 2 is 2.14 bits per heavy atom. The van der Waals surface area contributed by atoms with E-state index in [4.69, 9.17) is 21.1 Å². The van der Waals surface area contributed by atoms with Crippen LogP contribution >= 0.6 is 11.6 Å². The molecule has 0 atom stereocenters. The molecule has 21 heavy (non-hydrogen) atoms. The Balaban J connectivity index is 2.74. The largest absolute Gasteiger partial charge is 0.493 e. The Kier molecular flexibility index (Phi) is 7.93. The first-order valence-electron chi connectivity index (χ1n) is 7.02. The van der Waals surface area contributed by atoms with Crippen LogP contribution in [0.5, 0.6) is 11.5 Å². The van der Waals surface area contributed by atoms with Gasteiger partial charge in [-0.25, -0.2) is 0 Å². The first-order chi connectivity index (χ1) is 10.1. The molecule has 0 fully saturated rings. The third kappa shape index (κ3) is 5.81. The molecule has 0 aliphatic heterocycles. The average Bonchev–Trinajstić information content (AvgIpc) is 2.46. The normalized spacial score (nSPS) is 10.3. The Morgan fingerprint density at radius 3 is 2.76 bits per heavy atom. The topological polar surface area (TPSA) is 59.6 Å². The van der Waals surface area contributed by atoms with Crippen LogP contribution < -0.4 is 20.1 Å². The smallest absolute Gasteiger partial charge is 0.257 e. The highest BCUT2D eigenvalue weighted by molar-refractivity contribution is 6.30. The molecule has 118 valence electrons. The maximum Gasteiger partial charge on any atom is 0.257 e. The summed E-state index contributed by atoms with van der Waals surface area (Å²) in [6.07, 6.45) is 2.00. The van der Waals surface area contributed by atoms with Crippen LogP contribution in [0.2, 0.25) is 5.02 Å². The molecular weight excluding hydrogens is 292 g/mol. The maximum absolute atomic E-state index is 11.7. The molecule has 5 nitrogen and oxygen atoms in total. The van der Waals surface area contributed by atoms with Crippen LogP contribution in [0.3, 0.4) is 0 Å². The van der Waals surface area contributed by atoms with Gasteiger partial charge in [-0.2, -0.15) is 0 Å². The van der Waals surface area contributed by atoms with Crippen molar-refractivity contribution in [3.05, 3.63) is 22.7 Å². The van der Waals surface area contributed by atoms with Gasteiger partial charge >= 0.3 is 0 Å². The third-order valence-electron chi connectivity index (χ3n) is 2.88. The van der Waals surface area contributed by atoms with Crippen molar-refractivity contribution in [2.45, 2.75) is 26.3 Å². The lowest BCUT2D eigenvalue weighted by molar-refractivity contribution is -0.123. The quantitative estimate of drug-likeness (QED) is 0.687. The number of rotatable bonds is 9. The molecule has 2 N–H and O–H groups in total. The first kappa shape index (κ1) is 17.6. The number of hydrogen-bond donors (Lipinski definition) is 2. The van der Waals surface area contributed by atoms with E-state index in [1.165, 1.54) is 0 Å². The number of hydrogen-bond acceptors (Lipinski definition) is 4. The molecule has 0 heterocycles. The van der Waals surface area contributed by atoms with Gasteiger partial charge in [-0.15, -0.1) is 0 Å². The summed E-state index contributed by atoms with van der Waals surface area (Å²) in [5.74, 6) is 0.923. The highest BCUT2D eigenvalue weighted by atomic mass is 35.5. The average molecular weight is 315 g/mol. The SMILES string of the molecule is CCCCNC(=O)COc1c(CNC)cc(Cl)cc1OC. The first-order valence-corrected chi connectivity index (χ1v) is 7.40. The fourth-order valence-corrected chi connectivity index (χ4v) is 2.08. The lowest BCUT2D eigenvalue weighted by Crippen LogP contribution is -2.29. The molecule has 1 rings (SSSR count). The molecule has 1 amide bonds. The maximum atomic E-state index is 11.7. The number of carbonyl (C=O) groups excluding carboxylic acids is 1. The minimum absolute atomic E-state index is 0.0432. The molecule has 0 aromatic heterocycles. The van der Waals surface area contributed by atoms with Gasteiger partial charge in [0.25, 0.3) is 5.91 Å². The number of methoxy groups -OCH3 is 1. The second kappa shape index (κ2) is 9.47. The van der Waals surface area contributed by atoms with Crippen LogP contribution in [0, 0.1) is 0 Å². The molecule has 0 aliphatic carbocycles. The summed E-state index contributed by atoms with van der Waals surface area (Å²) in [6, 6.07) is 3.47. The summed E-state index contributed by atoms with van der Waals surface area (Å²) >= 11 is 6.04. The minimum atomic E-state index is -0.143. The lowest BCUT2D eigenvalue weighted by atomic mass is 10.2. The molecule has 1 aromatic rings. The van der Waals surface area contributed by atoms with Crippen molar-refractivity contribution in [2.24, 2.45) is 0 Å². The van der Waals surface area contributed by atoms with Crippen molar-refractivity contribution in [1.82, 2.24) is 10.6 Å². The van der Waals surface area contributed by atoms with E-state index in [1.807, 2.05) is 7.05 Å². The Hall–Kier alpha value is -1.46. The fourth-order valence-electron chi connectivity index (χ4n) is 1.85. The number of unbranched alkanes of at least 4 members (excludes halogenated alkanes) is 1. The summed E-state index contributed by atoms with van der Waals surface area (Å²) in [7, 11) is 3.37. The zero-order valence-electron chi connectivity index (χ0n) is 12.8. The molecule has 0 saturated carbocycles. The predicted octanol–water partition coefficient (Wildman–Crippen LogP) is 2.36. The summed E-state index contributed by atoms with van der Waals surface area (Å²) in [5.41, 5.74) is 0.850. The molecule has 6 heteroatoms. The lowest BCUT2D eigenvalue weighted by Gasteiger charge is -2.15. The van der Waals surface area contributed by atoms with E-state index in [2.05, 4.69) is 17.6 Å². The molecule has 0 spiro atoms. The Bertz CT molecular complexity index is 466. The summed E-state index contributed by atoms with van der Waals surface area (Å²) < 4.78 is 10.9. The zero-order valence-corrected chi connectivity index (χ0v) is 13.5. The van der Waals surface area contributed by atoms with Crippen LogP contribution in [-0.2, 0) is 11.3 Å². The van der Waals surface area contributed by atoms with Gasteiger partial charge < -0.3 is 20.1 Å². The number of ether oxygens (including phenoxy) is 2. The van der Waals surface area contributed by atoms with Crippen molar-refractivity contribution in [2.75, 3.05) is 27.3 Å². The fraction of sp³-hybridized carbons (Fsp3) is 0.533. The molecule has 0 bridgehead atoms. The van der Waals surface area contributed by atoms with Crippen LogP contribution in [0.1, 0.15) is 25.3 Å². The molecule has 0 saturated heterocycles. The van der Waals surface area contributed by atoms with Crippen molar-refractivity contribution in [3.8, 4) is 11.5 Å². The van der Waals surface area contributed by atoms with Crippen LogP contribution in [-0.4, -0.2) is 33.2 Å². The summed E-state index contributed by atoms with van der Waals surface area (Å²) in [5, 5.41) is 6.41. The standard InChI is InChI=1S/C15H23ClN2O3/c1-4-5-6-18-14(19)10-21-15-11(9-17-2)7-12(16)8-13(15)20-3/h7-8,17H,4-6,9-10H2,1-3H3,(H,18,19). The monoisotopic (exact) mass is 314 g/mol. The number of benzene rings is 1. The molecular formula is C15H23ClN2O3. The number of carbonyl (C=O) groups is 1. The number of nitrogens with one attached hydrogen (secondary N) is 2. The van der Waals surface area contributed by atoms with Gasteiger partial charge in [0.05, 0.1) is 7.11 Å². The van der Waals surface area contributed by atoms with Crippen molar-refractivity contribution >= 4 is 17.5 Å².